The summed E-state index contributed by atoms with van der Waals surface area (Å²) >= 11 is 0. The van der Waals surface area contributed by atoms with Crippen LogP contribution in [0.15, 0.2) is 53.2 Å². The molecule has 0 radical (unpaired) electrons. The van der Waals surface area contributed by atoms with E-state index in [1.165, 1.54) is 0 Å². The minimum atomic E-state index is -1.19. The van der Waals surface area contributed by atoms with Gasteiger partial charge in [-0.1, -0.05) is 70.5 Å². The maximum Gasteiger partial charge on any atom is 0.189 e. The summed E-state index contributed by atoms with van der Waals surface area (Å²) in [7, 11) is 0. The summed E-state index contributed by atoms with van der Waals surface area (Å²) < 4.78 is 24.4. The molecule has 5 rings (SSSR count). The van der Waals surface area contributed by atoms with E-state index in [9.17, 15) is 15.3 Å². The van der Waals surface area contributed by atoms with Gasteiger partial charge in [0.05, 0.1) is 36.7 Å². The third-order valence-electron chi connectivity index (χ3n) is 8.51. The Kier molecular flexibility index (Phi) is 9.21. The fraction of sp³-hybridized carbons (Fsp3) is 0.529. The topological polar surface area (TPSA) is 105 Å². The van der Waals surface area contributed by atoms with Crippen molar-refractivity contribution in [3.63, 3.8) is 0 Å². The van der Waals surface area contributed by atoms with E-state index >= 15 is 0 Å². The maximum atomic E-state index is 11.1. The quantitative estimate of drug-likeness (QED) is 0.228. The van der Waals surface area contributed by atoms with Gasteiger partial charge in [-0.3, -0.25) is 0 Å². The second-order valence-corrected chi connectivity index (χ2v) is 11.8. The molecule has 2 aliphatic heterocycles. The molecule has 2 fully saturated rings. The minimum absolute atomic E-state index is 0.110. The van der Waals surface area contributed by atoms with E-state index in [0.29, 0.717) is 42.3 Å². The largest absolute Gasteiger partial charge is 0.489 e. The molecule has 1 aromatic heterocycles. The van der Waals surface area contributed by atoms with Gasteiger partial charge in [0, 0.05) is 23.3 Å². The van der Waals surface area contributed by atoms with Crippen LogP contribution in [0.3, 0.4) is 0 Å². The van der Waals surface area contributed by atoms with Crippen LogP contribution in [0.2, 0.25) is 0 Å². The summed E-state index contributed by atoms with van der Waals surface area (Å²) in [5, 5.41) is 33.4. The molecule has 2 aliphatic rings. The standard InChI is InChI=1S/C34H44O7/c1-5-11-24(28-18-29(36)34(33(37)40-28)30(6-2)41-34)27-20-39-32-25(27)17-23(16-21(3)4)31(26(32)19-35)38-15-10-14-22-12-8-7-9-13-22/h7-10,12-14,17,20-21,24,28-30,33,35-37H,5-6,11,15-16,18-19H2,1-4H3/t24?,28-,29-,30?,33-,34+/m1/s1. The van der Waals surface area contributed by atoms with Crippen LogP contribution < -0.4 is 4.74 Å². The Morgan fingerprint density at radius 1 is 1.15 bits per heavy atom. The molecule has 3 heterocycles. The van der Waals surface area contributed by atoms with Crippen molar-refractivity contribution < 1.29 is 33.9 Å². The number of furan rings is 1. The number of fused-ring (bicyclic) bond motifs is 1. The third kappa shape index (κ3) is 5.84. The monoisotopic (exact) mass is 564 g/mol. The van der Waals surface area contributed by atoms with Gasteiger partial charge in [-0.25, -0.2) is 0 Å². The summed E-state index contributed by atoms with van der Waals surface area (Å²) in [6.07, 6.45) is 6.68. The second kappa shape index (κ2) is 12.7. The number of ether oxygens (including phenoxy) is 3. The highest BCUT2D eigenvalue weighted by atomic mass is 16.7. The first-order valence-corrected chi connectivity index (χ1v) is 15.0. The second-order valence-electron chi connectivity index (χ2n) is 11.8. The van der Waals surface area contributed by atoms with Crippen molar-refractivity contribution in [2.45, 2.75) is 103 Å². The molecule has 0 aliphatic carbocycles. The highest BCUT2D eigenvalue weighted by Crippen LogP contribution is 2.52. The van der Waals surface area contributed by atoms with Crippen molar-refractivity contribution >= 4 is 17.0 Å². The van der Waals surface area contributed by atoms with E-state index in [-0.39, 0.29) is 18.6 Å². The summed E-state index contributed by atoms with van der Waals surface area (Å²) in [6.45, 7) is 8.56. The summed E-state index contributed by atoms with van der Waals surface area (Å²) in [5.41, 5.74) is 3.29. The van der Waals surface area contributed by atoms with Crippen LogP contribution in [0, 0.1) is 5.92 Å². The molecule has 222 valence electrons. The van der Waals surface area contributed by atoms with Gasteiger partial charge in [-0.2, -0.15) is 0 Å². The van der Waals surface area contributed by atoms with Gasteiger partial charge < -0.3 is 33.9 Å². The van der Waals surface area contributed by atoms with E-state index in [4.69, 9.17) is 18.6 Å². The summed E-state index contributed by atoms with van der Waals surface area (Å²) in [4.78, 5) is 0. The lowest BCUT2D eigenvalue weighted by atomic mass is 9.80. The van der Waals surface area contributed by atoms with Crippen LogP contribution >= 0.6 is 0 Å². The molecule has 1 spiro atoms. The molecule has 2 aromatic carbocycles. The van der Waals surface area contributed by atoms with E-state index < -0.39 is 24.1 Å². The van der Waals surface area contributed by atoms with Crippen LogP contribution in [0.25, 0.3) is 17.0 Å². The van der Waals surface area contributed by atoms with Gasteiger partial charge in [0.15, 0.2) is 11.9 Å². The number of epoxide rings is 1. The van der Waals surface area contributed by atoms with Gasteiger partial charge in [-0.15, -0.1) is 0 Å². The molecule has 0 saturated carbocycles. The third-order valence-corrected chi connectivity index (χ3v) is 8.51. The molecule has 41 heavy (non-hydrogen) atoms. The first kappa shape index (κ1) is 29.8. The Morgan fingerprint density at radius 3 is 2.56 bits per heavy atom. The van der Waals surface area contributed by atoms with Gasteiger partial charge >= 0.3 is 0 Å². The lowest BCUT2D eigenvalue weighted by molar-refractivity contribution is -0.236. The fourth-order valence-electron chi connectivity index (χ4n) is 6.51. The first-order valence-electron chi connectivity index (χ1n) is 15.0. The molecule has 2 saturated heterocycles. The van der Waals surface area contributed by atoms with Crippen molar-refractivity contribution in [2.75, 3.05) is 6.61 Å². The van der Waals surface area contributed by atoms with E-state index in [2.05, 4.69) is 26.8 Å². The highest BCUT2D eigenvalue weighted by molar-refractivity contribution is 5.88. The van der Waals surface area contributed by atoms with Gasteiger partial charge in [-0.05, 0) is 48.4 Å². The Labute approximate surface area is 242 Å². The van der Waals surface area contributed by atoms with Crippen molar-refractivity contribution in [3.05, 3.63) is 71.0 Å². The number of aliphatic hydroxyl groups excluding tert-OH is 3. The lowest BCUT2D eigenvalue weighted by Gasteiger charge is -2.39. The molecule has 6 atom stereocenters. The zero-order chi connectivity index (χ0) is 29.1. The Hall–Kier alpha value is -2.68. The molecule has 7 nitrogen and oxygen atoms in total. The summed E-state index contributed by atoms with van der Waals surface area (Å²) in [6, 6.07) is 12.2. The molecule has 2 unspecified atom stereocenters. The Morgan fingerprint density at radius 2 is 1.93 bits per heavy atom. The predicted octanol–water partition coefficient (Wildman–Crippen LogP) is 6.12. The number of rotatable bonds is 12. The SMILES string of the molecule is CCCC(c1coc2c(CO)c(OCC=Cc3ccccc3)c(CC(C)C)cc12)[C@H]1C[C@@H](O)[C@@]2(OC2CC)[C@H](O)O1. The van der Waals surface area contributed by atoms with Crippen molar-refractivity contribution in [2.24, 2.45) is 5.92 Å². The molecule has 3 N–H and O–H groups in total. The fourth-order valence-corrected chi connectivity index (χ4v) is 6.51. The van der Waals surface area contributed by atoms with Gasteiger partial charge in [0.1, 0.15) is 17.9 Å². The van der Waals surface area contributed by atoms with Crippen LogP contribution in [0.5, 0.6) is 5.75 Å². The van der Waals surface area contributed by atoms with Crippen molar-refractivity contribution in [1.29, 1.82) is 0 Å². The molecular weight excluding hydrogens is 520 g/mol. The smallest absolute Gasteiger partial charge is 0.189 e. The average molecular weight is 565 g/mol. The number of hydrogen-bond acceptors (Lipinski definition) is 7. The van der Waals surface area contributed by atoms with E-state index in [1.807, 2.05) is 49.4 Å². The zero-order valence-electron chi connectivity index (χ0n) is 24.6. The van der Waals surface area contributed by atoms with Crippen LogP contribution in [-0.4, -0.2) is 52.1 Å². The van der Waals surface area contributed by atoms with Crippen LogP contribution in [-0.2, 0) is 22.5 Å². The molecule has 0 bridgehead atoms. The molecule has 0 amide bonds. The van der Waals surface area contributed by atoms with Crippen LogP contribution in [0.4, 0.5) is 0 Å². The Balaban J connectivity index is 1.47. The van der Waals surface area contributed by atoms with Crippen molar-refractivity contribution in [3.8, 4) is 5.75 Å². The zero-order valence-corrected chi connectivity index (χ0v) is 24.6. The van der Waals surface area contributed by atoms with E-state index in [0.717, 1.165) is 41.3 Å². The van der Waals surface area contributed by atoms with Crippen molar-refractivity contribution in [1.82, 2.24) is 0 Å². The lowest BCUT2D eigenvalue weighted by Crippen LogP contribution is -2.53. The average Bonchev–Trinajstić information content (AvgIpc) is 3.57. The van der Waals surface area contributed by atoms with E-state index in [1.54, 1.807) is 6.26 Å². The first-order chi connectivity index (χ1) is 19.8. The minimum Gasteiger partial charge on any atom is -0.489 e. The highest BCUT2D eigenvalue weighted by Gasteiger charge is 2.68. The van der Waals surface area contributed by atoms with Gasteiger partial charge in [0.2, 0.25) is 0 Å². The predicted molar refractivity (Wildman–Crippen MR) is 159 cm³/mol. The number of benzene rings is 2. The maximum absolute atomic E-state index is 11.1. The molecule has 7 heteroatoms. The molecular formula is C34H44O7. The molecule has 3 aromatic rings. The van der Waals surface area contributed by atoms with Gasteiger partial charge in [0.25, 0.3) is 0 Å². The number of aliphatic hydroxyl groups is 3. The number of hydrogen-bond donors (Lipinski definition) is 3. The summed E-state index contributed by atoms with van der Waals surface area (Å²) in [5.74, 6) is 0.925. The Bertz CT molecular complexity index is 1320. The normalized spacial score (nSPS) is 26.8. The van der Waals surface area contributed by atoms with Crippen LogP contribution in [0.1, 0.15) is 81.5 Å².